The van der Waals surface area contributed by atoms with E-state index in [4.69, 9.17) is 4.74 Å². The van der Waals surface area contributed by atoms with Crippen molar-refractivity contribution >= 4 is 0 Å². The third-order valence-corrected chi connectivity index (χ3v) is 2.51. The standard InChI is InChI=1S/C10H9F3O/c1-14-9-5-6-4-7(10(11,12)13)2-3-8(6)9/h2-4,9H,5H2,1H3. The summed E-state index contributed by atoms with van der Waals surface area (Å²) in [6.07, 6.45) is -3.68. The number of rotatable bonds is 1. The summed E-state index contributed by atoms with van der Waals surface area (Å²) in [5.41, 5.74) is 1.04. The third kappa shape index (κ3) is 1.39. The number of halogens is 3. The summed E-state index contributed by atoms with van der Waals surface area (Å²) in [5.74, 6) is 0. The summed E-state index contributed by atoms with van der Waals surface area (Å²) in [6, 6.07) is 3.80. The van der Waals surface area contributed by atoms with Crippen LogP contribution in [-0.2, 0) is 17.3 Å². The van der Waals surface area contributed by atoms with Crippen LogP contribution in [0.5, 0.6) is 0 Å². The Morgan fingerprint density at radius 1 is 1.36 bits per heavy atom. The van der Waals surface area contributed by atoms with Gasteiger partial charge >= 0.3 is 6.18 Å². The van der Waals surface area contributed by atoms with E-state index in [1.165, 1.54) is 12.1 Å². The summed E-state index contributed by atoms with van der Waals surface area (Å²) in [7, 11) is 1.56. The maximum Gasteiger partial charge on any atom is 0.416 e. The maximum absolute atomic E-state index is 12.3. The summed E-state index contributed by atoms with van der Waals surface area (Å²) < 4.78 is 41.9. The van der Waals surface area contributed by atoms with E-state index >= 15 is 0 Å². The van der Waals surface area contributed by atoms with Gasteiger partial charge in [-0.1, -0.05) is 6.07 Å². The zero-order valence-electron chi connectivity index (χ0n) is 7.56. The molecule has 0 aromatic heterocycles. The SMILES string of the molecule is COC1Cc2cc(C(F)(F)F)ccc21. The number of methoxy groups -OCH3 is 1. The van der Waals surface area contributed by atoms with Crippen LogP contribution in [0, 0.1) is 0 Å². The van der Waals surface area contributed by atoms with E-state index in [1.54, 1.807) is 7.11 Å². The second-order valence-corrected chi connectivity index (χ2v) is 3.34. The van der Waals surface area contributed by atoms with Crippen LogP contribution < -0.4 is 0 Å². The lowest BCUT2D eigenvalue weighted by molar-refractivity contribution is -0.137. The van der Waals surface area contributed by atoms with Gasteiger partial charge in [-0.15, -0.1) is 0 Å². The van der Waals surface area contributed by atoms with Crippen LogP contribution in [0.15, 0.2) is 18.2 Å². The molecule has 0 radical (unpaired) electrons. The molecule has 14 heavy (non-hydrogen) atoms. The Morgan fingerprint density at radius 2 is 2.07 bits per heavy atom. The van der Waals surface area contributed by atoms with Gasteiger partial charge in [-0.25, -0.2) is 0 Å². The predicted octanol–water partition coefficient (Wildman–Crippen LogP) is 2.95. The molecule has 0 aliphatic heterocycles. The van der Waals surface area contributed by atoms with Crippen molar-refractivity contribution in [3.05, 3.63) is 34.9 Å². The van der Waals surface area contributed by atoms with Crippen molar-refractivity contribution < 1.29 is 17.9 Å². The minimum atomic E-state index is -4.24. The molecule has 1 aliphatic carbocycles. The van der Waals surface area contributed by atoms with Crippen molar-refractivity contribution in [3.63, 3.8) is 0 Å². The van der Waals surface area contributed by atoms with Gasteiger partial charge in [0.05, 0.1) is 11.7 Å². The minimum absolute atomic E-state index is 0.0210. The van der Waals surface area contributed by atoms with Crippen molar-refractivity contribution in [2.75, 3.05) is 7.11 Å². The van der Waals surface area contributed by atoms with Crippen molar-refractivity contribution in [3.8, 4) is 0 Å². The molecule has 1 nitrogen and oxygen atoms in total. The number of ether oxygens (including phenoxy) is 1. The first-order chi connectivity index (χ1) is 6.52. The summed E-state index contributed by atoms with van der Waals surface area (Å²) in [5, 5.41) is 0. The second-order valence-electron chi connectivity index (χ2n) is 3.34. The Morgan fingerprint density at radius 3 is 2.57 bits per heavy atom. The van der Waals surface area contributed by atoms with E-state index < -0.39 is 11.7 Å². The molecule has 1 atom stereocenters. The van der Waals surface area contributed by atoms with E-state index in [9.17, 15) is 13.2 Å². The number of hydrogen-bond acceptors (Lipinski definition) is 1. The van der Waals surface area contributed by atoms with Crippen molar-refractivity contribution in [1.29, 1.82) is 0 Å². The molecule has 0 bridgehead atoms. The smallest absolute Gasteiger partial charge is 0.376 e. The number of benzene rings is 1. The molecule has 2 rings (SSSR count). The van der Waals surface area contributed by atoms with Crippen molar-refractivity contribution in [2.24, 2.45) is 0 Å². The fourth-order valence-electron chi connectivity index (χ4n) is 1.66. The first kappa shape index (κ1) is 9.52. The number of hydrogen-bond donors (Lipinski definition) is 0. The van der Waals surface area contributed by atoms with Gasteiger partial charge in [0.25, 0.3) is 0 Å². The van der Waals surface area contributed by atoms with Crippen LogP contribution in [0.1, 0.15) is 22.8 Å². The molecule has 1 aliphatic rings. The highest BCUT2D eigenvalue weighted by atomic mass is 19.4. The number of alkyl halides is 3. The molecule has 0 N–H and O–H groups in total. The van der Waals surface area contributed by atoms with Gasteiger partial charge in [0, 0.05) is 13.5 Å². The van der Waals surface area contributed by atoms with E-state index in [2.05, 4.69) is 0 Å². The Hall–Kier alpha value is -1.03. The Balaban J connectivity index is 2.31. The summed E-state index contributed by atoms with van der Waals surface area (Å²) in [4.78, 5) is 0. The molecular formula is C10H9F3O. The largest absolute Gasteiger partial charge is 0.416 e. The van der Waals surface area contributed by atoms with Crippen LogP contribution >= 0.6 is 0 Å². The van der Waals surface area contributed by atoms with Gasteiger partial charge in [-0.3, -0.25) is 0 Å². The van der Waals surface area contributed by atoms with Crippen LogP contribution in [-0.4, -0.2) is 7.11 Å². The van der Waals surface area contributed by atoms with Crippen LogP contribution in [0.4, 0.5) is 13.2 Å². The van der Waals surface area contributed by atoms with Crippen LogP contribution in [0.3, 0.4) is 0 Å². The second kappa shape index (κ2) is 2.98. The molecule has 0 saturated carbocycles. The zero-order chi connectivity index (χ0) is 10.3. The summed E-state index contributed by atoms with van der Waals surface area (Å²) in [6.45, 7) is 0. The van der Waals surface area contributed by atoms with Crippen molar-refractivity contribution in [1.82, 2.24) is 0 Å². The van der Waals surface area contributed by atoms with E-state index in [-0.39, 0.29) is 6.10 Å². The topological polar surface area (TPSA) is 9.23 Å². The van der Waals surface area contributed by atoms with Crippen LogP contribution in [0.25, 0.3) is 0 Å². The Labute approximate surface area is 79.5 Å². The molecule has 0 saturated heterocycles. The van der Waals surface area contributed by atoms with Gasteiger partial charge in [-0.2, -0.15) is 13.2 Å². The molecule has 0 spiro atoms. The molecule has 1 unspecified atom stereocenters. The molecule has 0 fully saturated rings. The average molecular weight is 202 g/mol. The minimum Gasteiger partial charge on any atom is -0.376 e. The molecule has 1 aromatic rings. The van der Waals surface area contributed by atoms with E-state index in [0.717, 1.165) is 17.2 Å². The highest BCUT2D eigenvalue weighted by Gasteiger charge is 2.34. The molecule has 1 aromatic carbocycles. The fourth-order valence-corrected chi connectivity index (χ4v) is 1.66. The van der Waals surface area contributed by atoms with E-state index in [1.807, 2.05) is 0 Å². The lowest BCUT2D eigenvalue weighted by atomic mass is 9.84. The quantitative estimate of drug-likeness (QED) is 0.680. The normalized spacial score (nSPS) is 20.1. The summed E-state index contributed by atoms with van der Waals surface area (Å²) >= 11 is 0. The average Bonchev–Trinajstić information content (AvgIpc) is 2.05. The third-order valence-electron chi connectivity index (χ3n) is 2.51. The lowest BCUT2D eigenvalue weighted by Crippen LogP contribution is -2.20. The highest BCUT2D eigenvalue weighted by molar-refractivity contribution is 5.42. The van der Waals surface area contributed by atoms with Gasteiger partial charge < -0.3 is 4.74 Å². The first-order valence-corrected chi connectivity index (χ1v) is 4.25. The van der Waals surface area contributed by atoms with Gasteiger partial charge in [0.15, 0.2) is 0 Å². The monoisotopic (exact) mass is 202 g/mol. The molecular weight excluding hydrogens is 193 g/mol. The molecule has 4 heteroatoms. The fraction of sp³-hybridized carbons (Fsp3) is 0.400. The molecule has 0 amide bonds. The van der Waals surface area contributed by atoms with Crippen molar-refractivity contribution in [2.45, 2.75) is 18.7 Å². The lowest BCUT2D eigenvalue weighted by Gasteiger charge is -2.29. The van der Waals surface area contributed by atoms with E-state index in [0.29, 0.717) is 6.42 Å². The maximum atomic E-state index is 12.3. The van der Waals surface area contributed by atoms with Crippen LogP contribution in [0.2, 0.25) is 0 Å². The van der Waals surface area contributed by atoms with Gasteiger partial charge in [0.1, 0.15) is 0 Å². The number of fused-ring (bicyclic) bond motifs is 1. The first-order valence-electron chi connectivity index (χ1n) is 4.25. The Kier molecular flexibility index (Phi) is 2.03. The zero-order valence-corrected chi connectivity index (χ0v) is 7.56. The molecule has 0 heterocycles. The van der Waals surface area contributed by atoms with Gasteiger partial charge in [-0.05, 0) is 23.3 Å². The Bertz CT molecular complexity index is 357. The van der Waals surface area contributed by atoms with Gasteiger partial charge in [0.2, 0.25) is 0 Å². The highest BCUT2D eigenvalue weighted by Crippen LogP contribution is 2.39. The predicted molar refractivity (Wildman–Crippen MR) is 44.9 cm³/mol. The molecule has 76 valence electrons.